The second-order valence-electron chi connectivity index (χ2n) is 9.96. The van der Waals surface area contributed by atoms with Crippen molar-refractivity contribution in [1.82, 2.24) is 15.1 Å². The van der Waals surface area contributed by atoms with Gasteiger partial charge in [0.25, 0.3) is 5.91 Å². The highest BCUT2D eigenvalue weighted by Crippen LogP contribution is 2.32. The summed E-state index contributed by atoms with van der Waals surface area (Å²) in [6.45, 7) is 7.05. The summed E-state index contributed by atoms with van der Waals surface area (Å²) >= 11 is 0. The van der Waals surface area contributed by atoms with Crippen LogP contribution in [0.4, 0.5) is 10.1 Å². The van der Waals surface area contributed by atoms with Crippen LogP contribution in [-0.4, -0.2) is 58.9 Å². The summed E-state index contributed by atoms with van der Waals surface area (Å²) in [5.41, 5.74) is 3.61. The Morgan fingerprint density at radius 2 is 1.89 bits per heavy atom. The molecule has 9 heteroatoms. The van der Waals surface area contributed by atoms with E-state index >= 15 is 0 Å². The molecule has 3 atom stereocenters. The SMILES string of the molecule is CC1CN(Cc2ccc(F)c(CNc3cccc4c3CN([C@@H]3CCC(=O)NC3=O)C4=O)c2)CC(C)O1. The summed E-state index contributed by atoms with van der Waals surface area (Å²) in [4.78, 5) is 40.7. The molecular weight excluding hydrogens is 463 g/mol. The number of hydrogen-bond donors (Lipinski definition) is 2. The normalized spacial score (nSPS) is 24.6. The van der Waals surface area contributed by atoms with Gasteiger partial charge in [-0.15, -0.1) is 0 Å². The lowest BCUT2D eigenvalue weighted by molar-refractivity contribution is -0.136. The molecule has 2 saturated heterocycles. The van der Waals surface area contributed by atoms with E-state index < -0.39 is 11.9 Å². The molecule has 2 aromatic rings. The van der Waals surface area contributed by atoms with Gasteiger partial charge in [-0.25, -0.2) is 4.39 Å². The van der Waals surface area contributed by atoms with Crippen LogP contribution >= 0.6 is 0 Å². The zero-order chi connectivity index (χ0) is 25.4. The molecule has 3 aliphatic heterocycles. The summed E-state index contributed by atoms with van der Waals surface area (Å²) in [5.74, 6) is -1.27. The lowest BCUT2D eigenvalue weighted by Gasteiger charge is -2.35. The molecule has 2 unspecified atom stereocenters. The van der Waals surface area contributed by atoms with Crippen molar-refractivity contribution in [1.29, 1.82) is 0 Å². The fourth-order valence-electron chi connectivity index (χ4n) is 5.48. The van der Waals surface area contributed by atoms with Crippen LogP contribution in [0.25, 0.3) is 0 Å². The lowest BCUT2D eigenvalue weighted by atomic mass is 10.0. The Labute approximate surface area is 209 Å². The molecule has 0 saturated carbocycles. The van der Waals surface area contributed by atoms with Gasteiger partial charge in [0.15, 0.2) is 0 Å². The van der Waals surface area contributed by atoms with E-state index in [4.69, 9.17) is 4.74 Å². The van der Waals surface area contributed by atoms with Gasteiger partial charge in [0.2, 0.25) is 11.8 Å². The van der Waals surface area contributed by atoms with Crippen molar-refractivity contribution >= 4 is 23.4 Å². The van der Waals surface area contributed by atoms with Gasteiger partial charge in [0.05, 0.1) is 12.2 Å². The second-order valence-corrected chi connectivity index (χ2v) is 9.96. The van der Waals surface area contributed by atoms with Crippen LogP contribution in [0.1, 0.15) is 53.7 Å². The third kappa shape index (κ3) is 4.99. The van der Waals surface area contributed by atoms with Gasteiger partial charge in [-0.3, -0.25) is 24.6 Å². The molecule has 2 N–H and O–H groups in total. The van der Waals surface area contributed by atoms with Crippen LogP contribution in [0.2, 0.25) is 0 Å². The highest BCUT2D eigenvalue weighted by molar-refractivity contribution is 6.06. The van der Waals surface area contributed by atoms with Crippen LogP contribution in [0.15, 0.2) is 36.4 Å². The Morgan fingerprint density at radius 3 is 2.64 bits per heavy atom. The first-order valence-corrected chi connectivity index (χ1v) is 12.4. The van der Waals surface area contributed by atoms with Gasteiger partial charge in [-0.05, 0) is 50.1 Å². The van der Waals surface area contributed by atoms with E-state index in [1.165, 1.54) is 11.0 Å². The predicted molar refractivity (Wildman–Crippen MR) is 131 cm³/mol. The number of carbonyl (C=O) groups excluding carboxylic acids is 3. The average Bonchev–Trinajstić information content (AvgIpc) is 3.15. The maximum atomic E-state index is 14.7. The van der Waals surface area contributed by atoms with Gasteiger partial charge in [-0.1, -0.05) is 12.1 Å². The summed E-state index contributed by atoms with van der Waals surface area (Å²) in [7, 11) is 0. The van der Waals surface area contributed by atoms with Gasteiger partial charge < -0.3 is 15.0 Å². The molecule has 3 aliphatic rings. The molecule has 190 valence electrons. The number of morpholine rings is 1. The molecule has 0 spiro atoms. The van der Waals surface area contributed by atoms with Gasteiger partial charge >= 0.3 is 0 Å². The first-order chi connectivity index (χ1) is 17.3. The smallest absolute Gasteiger partial charge is 0.255 e. The Kier molecular flexibility index (Phi) is 6.77. The minimum absolute atomic E-state index is 0.165. The van der Waals surface area contributed by atoms with Crippen molar-refractivity contribution in [3.8, 4) is 0 Å². The number of benzene rings is 2. The lowest BCUT2D eigenvalue weighted by Crippen LogP contribution is -2.52. The molecule has 0 bridgehead atoms. The topological polar surface area (TPSA) is 91.0 Å². The molecule has 3 amide bonds. The Balaban J connectivity index is 1.28. The quantitative estimate of drug-likeness (QED) is 0.601. The van der Waals surface area contributed by atoms with E-state index in [1.54, 1.807) is 12.1 Å². The fourth-order valence-corrected chi connectivity index (χ4v) is 5.48. The molecule has 0 aromatic heterocycles. The van der Waals surface area contributed by atoms with Gasteiger partial charge in [0.1, 0.15) is 11.9 Å². The maximum absolute atomic E-state index is 14.7. The minimum atomic E-state index is -0.671. The number of halogens is 1. The van der Waals surface area contributed by atoms with Crippen LogP contribution < -0.4 is 10.6 Å². The molecule has 8 nitrogen and oxygen atoms in total. The van der Waals surface area contributed by atoms with E-state index in [0.717, 1.165) is 36.4 Å². The molecule has 5 rings (SSSR count). The minimum Gasteiger partial charge on any atom is -0.381 e. The molecule has 2 aromatic carbocycles. The van der Waals surface area contributed by atoms with Gasteiger partial charge in [0, 0.05) is 61.5 Å². The molecule has 36 heavy (non-hydrogen) atoms. The molecule has 0 radical (unpaired) electrons. The first-order valence-electron chi connectivity index (χ1n) is 12.4. The Hall–Kier alpha value is -3.30. The number of fused-ring (bicyclic) bond motifs is 1. The zero-order valence-electron chi connectivity index (χ0n) is 20.6. The number of rotatable bonds is 6. The van der Waals surface area contributed by atoms with E-state index in [9.17, 15) is 18.8 Å². The highest BCUT2D eigenvalue weighted by atomic mass is 19.1. The number of amides is 3. The van der Waals surface area contributed by atoms with E-state index in [1.807, 2.05) is 18.2 Å². The third-order valence-electron chi connectivity index (χ3n) is 7.06. The third-order valence-corrected chi connectivity index (χ3v) is 7.06. The molecule has 0 aliphatic carbocycles. The van der Waals surface area contributed by atoms with Crippen molar-refractivity contribution in [2.75, 3.05) is 18.4 Å². The van der Waals surface area contributed by atoms with Crippen molar-refractivity contribution in [2.45, 2.75) is 64.6 Å². The summed E-state index contributed by atoms with van der Waals surface area (Å²) in [6.07, 6.45) is 0.849. The molecule has 2 fully saturated rings. The number of anilines is 1. The van der Waals surface area contributed by atoms with Crippen molar-refractivity contribution in [3.63, 3.8) is 0 Å². The van der Waals surface area contributed by atoms with E-state index in [-0.39, 0.29) is 49.3 Å². The zero-order valence-corrected chi connectivity index (χ0v) is 20.6. The van der Waals surface area contributed by atoms with Crippen molar-refractivity contribution in [3.05, 3.63) is 64.5 Å². The molecule has 3 heterocycles. The largest absolute Gasteiger partial charge is 0.381 e. The first kappa shape index (κ1) is 24.4. The number of hydrogen-bond acceptors (Lipinski definition) is 6. The Bertz CT molecular complexity index is 1190. The van der Waals surface area contributed by atoms with Crippen LogP contribution in [0.3, 0.4) is 0 Å². The average molecular weight is 495 g/mol. The van der Waals surface area contributed by atoms with Crippen LogP contribution in [-0.2, 0) is 34.0 Å². The number of imide groups is 1. The summed E-state index contributed by atoms with van der Waals surface area (Å²) in [5, 5.41) is 5.62. The van der Waals surface area contributed by atoms with Crippen LogP contribution in [0.5, 0.6) is 0 Å². The maximum Gasteiger partial charge on any atom is 0.255 e. The number of ether oxygens (including phenoxy) is 1. The van der Waals surface area contributed by atoms with E-state index in [0.29, 0.717) is 17.5 Å². The standard InChI is InChI=1S/C27H31FN4O4/c1-16-12-31(13-17(2)36-16)14-18-6-7-22(28)19(10-18)11-29-23-5-3-4-20-21(23)15-32(27(20)35)24-8-9-25(33)30-26(24)34/h3-7,10,16-17,24,29H,8-9,11-15H2,1-2H3,(H,30,33,34)/t16?,17?,24-/m1/s1. The number of piperidine rings is 1. The monoisotopic (exact) mass is 494 g/mol. The number of nitrogens with one attached hydrogen (secondary N) is 2. The second kappa shape index (κ2) is 9.99. The van der Waals surface area contributed by atoms with Crippen molar-refractivity contribution < 1.29 is 23.5 Å². The van der Waals surface area contributed by atoms with Crippen molar-refractivity contribution in [2.24, 2.45) is 0 Å². The van der Waals surface area contributed by atoms with Crippen LogP contribution in [0, 0.1) is 5.82 Å². The molecular formula is C27H31FN4O4. The van der Waals surface area contributed by atoms with Gasteiger partial charge in [-0.2, -0.15) is 0 Å². The Morgan fingerprint density at radius 1 is 1.11 bits per heavy atom. The number of carbonyl (C=O) groups is 3. The highest BCUT2D eigenvalue weighted by Gasteiger charge is 2.39. The van der Waals surface area contributed by atoms with E-state index in [2.05, 4.69) is 29.4 Å². The predicted octanol–water partition coefficient (Wildman–Crippen LogP) is 2.81. The number of nitrogens with zero attached hydrogens (tertiary/aromatic N) is 2. The summed E-state index contributed by atoms with van der Waals surface area (Å²) < 4.78 is 20.5. The fraction of sp³-hybridized carbons (Fsp3) is 0.444. The summed E-state index contributed by atoms with van der Waals surface area (Å²) in [6, 6.07) is 9.91.